The maximum Gasteiger partial charge on any atom is 0.303 e. The van der Waals surface area contributed by atoms with Crippen LogP contribution in [0.5, 0.6) is 0 Å². The molecule has 0 heterocycles. The van der Waals surface area contributed by atoms with Gasteiger partial charge >= 0.3 is 5.97 Å². The molecule has 218 valence electrons. The number of aliphatic hydroxyl groups excluding tert-OH is 2. The van der Waals surface area contributed by atoms with E-state index >= 15 is 0 Å². The molecular weight excluding hydrogens is 516 g/mol. The van der Waals surface area contributed by atoms with Gasteiger partial charge in [-0.2, -0.15) is 8.42 Å². The number of benzene rings is 1. The molecule has 0 bridgehead atoms. The second kappa shape index (κ2) is 10.4. The first-order valence-corrected chi connectivity index (χ1v) is 16.3. The first-order valence-electron chi connectivity index (χ1n) is 14.8. The maximum absolute atomic E-state index is 13.0. The Labute approximate surface area is 233 Å². The summed E-state index contributed by atoms with van der Waals surface area (Å²) in [6, 6.07) is 6.72. The van der Waals surface area contributed by atoms with Crippen molar-refractivity contribution in [3.8, 4) is 0 Å². The summed E-state index contributed by atoms with van der Waals surface area (Å²) in [7, 11) is -3.86. The SMILES string of the molecule is Cc1ccc(S(=O)(=O)OC2CC[C@@]3(C)C(C2)CC(O)[C@H]2[C@@H]4CC[C@H]([C@H](C)CCC(=O)O)[C@@]4(C)C(O)C[C@@H]23)cc1. The molecule has 7 nitrogen and oxygen atoms in total. The Morgan fingerprint density at radius 1 is 1.05 bits per heavy atom. The number of hydrogen-bond donors (Lipinski definition) is 3. The summed E-state index contributed by atoms with van der Waals surface area (Å²) >= 11 is 0. The maximum atomic E-state index is 13.0. The third kappa shape index (κ3) is 4.98. The van der Waals surface area contributed by atoms with Crippen LogP contribution < -0.4 is 0 Å². The number of carboxylic acid groups (broad SMARTS) is 1. The summed E-state index contributed by atoms with van der Waals surface area (Å²) in [5.74, 6) is 0.267. The molecule has 3 N–H and O–H groups in total. The quantitative estimate of drug-likeness (QED) is 0.392. The van der Waals surface area contributed by atoms with Gasteiger partial charge in [-0.05, 0) is 117 Å². The Bertz CT molecular complexity index is 1170. The van der Waals surface area contributed by atoms with E-state index in [1.54, 1.807) is 24.3 Å². The van der Waals surface area contributed by atoms with Gasteiger partial charge in [0.05, 0.1) is 23.2 Å². The van der Waals surface area contributed by atoms with Crippen molar-refractivity contribution in [3.05, 3.63) is 29.8 Å². The van der Waals surface area contributed by atoms with Crippen molar-refractivity contribution in [2.45, 2.75) is 109 Å². The minimum Gasteiger partial charge on any atom is -0.481 e. The number of aliphatic hydroxyl groups is 2. The highest BCUT2D eigenvalue weighted by molar-refractivity contribution is 7.86. The van der Waals surface area contributed by atoms with Crippen LogP contribution in [0, 0.1) is 53.3 Å². The van der Waals surface area contributed by atoms with Crippen molar-refractivity contribution >= 4 is 16.1 Å². The normalized spacial score (nSPS) is 42.7. The molecule has 4 aliphatic rings. The molecule has 0 radical (unpaired) electrons. The summed E-state index contributed by atoms with van der Waals surface area (Å²) in [4.78, 5) is 11.4. The minimum absolute atomic E-state index is 0.0906. The van der Waals surface area contributed by atoms with Gasteiger partial charge in [-0.1, -0.05) is 38.5 Å². The van der Waals surface area contributed by atoms with E-state index in [0.29, 0.717) is 32.1 Å². The molecule has 0 amide bonds. The molecule has 4 unspecified atom stereocenters. The molecule has 39 heavy (non-hydrogen) atoms. The van der Waals surface area contributed by atoms with Gasteiger partial charge in [-0.3, -0.25) is 8.98 Å². The van der Waals surface area contributed by atoms with Gasteiger partial charge in [0.1, 0.15) is 0 Å². The van der Waals surface area contributed by atoms with Crippen LogP contribution in [0.1, 0.15) is 84.1 Å². The van der Waals surface area contributed by atoms with E-state index in [1.165, 1.54) is 0 Å². The van der Waals surface area contributed by atoms with Gasteiger partial charge in [0.2, 0.25) is 0 Å². The van der Waals surface area contributed by atoms with Crippen molar-refractivity contribution in [2.24, 2.45) is 46.3 Å². The fourth-order valence-electron chi connectivity index (χ4n) is 9.69. The van der Waals surface area contributed by atoms with E-state index in [9.17, 15) is 28.5 Å². The van der Waals surface area contributed by atoms with E-state index in [4.69, 9.17) is 4.18 Å². The number of hydrogen-bond acceptors (Lipinski definition) is 6. The lowest BCUT2D eigenvalue weighted by Crippen LogP contribution is -2.62. The number of aliphatic carboxylic acids is 1. The highest BCUT2D eigenvalue weighted by atomic mass is 32.2. The third-order valence-electron chi connectivity index (χ3n) is 11.9. The molecule has 4 fully saturated rings. The summed E-state index contributed by atoms with van der Waals surface area (Å²) in [5, 5.41) is 32.5. The van der Waals surface area contributed by atoms with Crippen LogP contribution in [0.25, 0.3) is 0 Å². The van der Waals surface area contributed by atoms with Crippen molar-refractivity contribution in [2.75, 3.05) is 0 Å². The molecule has 4 saturated carbocycles. The Balaban J connectivity index is 1.33. The van der Waals surface area contributed by atoms with Crippen molar-refractivity contribution in [3.63, 3.8) is 0 Å². The van der Waals surface area contributed by atoms with Crippen molar-refractivity contribution < 1.29 is 32.7 Å². The lowest BCUT2D eigenvalue weighted by Gasteiger charge is -2.63. The van der Waals surface area contributed by atoms with E-state index in [0.717, 1.165) is 24.8 Å². The fourth-order valence-corrected chi connectivity index (χ4v) is 10.8. The second-order valence-corrected chi connectivity index (χ2v) is 15.3. The Hall–Kier alpha value is -1.48. The number of carboxylic acids is 1. The van der Waals surface area contributed by atoms with Crippen LogP contribution in [0.2, 0.25) is 0 Å². The Kier molecular flexibility index (Phi) is 7.75. The van der Waals surface area contributed by atoms with Gasteiger partial charge in [0, 0.05) is 6.42 Å². The zero-order chi connectivity index (χ0) is 28.3. The average molecular weight is 563 g/mol. The topological polar surface area (TPSA) is 121 Å². The summed E-state index contributed by atoms with van der Waals surface area (Å²) in [6.07, 6.45) is 4.57. The molecule has 11 atom stereocenters. The number of fused-ring (bicyclic) bond motifs is 5. The molecule has 0 spiro atoms. The predicted octanol–water partition coefficient (Wildman–Crippen LogP) is 5.17. The molecule has 1 aromatic carbocycles. The minimum atomic E-state index is -3.86. The molecule has 0 saturated heterocycles. The van der Waals surface area contributed by atoms with Crippen molar-refractivity contribution in [1.29, 1.82) is 0 Å². The van der Waals surface area contributed by atoms with E-state index in [1.807, 2.05) is 6.92 Å². The molecule has 0 aliphatic heterocycles. The van der Waals surface area contributed by atoms with E-state index < -0.39 is 34.4 Å². The van der Waals surface area contributed by atoms with Crippen LogP contribution in [0.4, 0.5) is 0 Å². The van der Waals surface area contributed by atoms with E-state index in [2.05, 4.69) is 20.8 Å². The molecule has 1 aromatic rings. The standard InChI is InChI=1S/C31H46O7S/c1-18-5-8-22(9-6-18)39(36,37)38-21-13-14-30(3)20(15-21)16-26(32)29-24-11-10-23(19(2)7-12-28(34)35)31(24,4)27(33)17-25(29)30/h5-6,8-9,19-21,23-27,29,32-33H,7,10-17H2,1-4H3,(H,34,35)/t19-,20?,21?,23-,24+,25+,26?,27?,29+,30+,31-/m1/s1. The summed E-state index contributed by atoms with van der Waals surface area (Å²) in [5.41, 5.74) is 0.570. The van der Waals surface area contributed by atoms with Gasteiger partial charge in [-0.15, -0.1) is 0 Å². The zero-order valence-electron chi connectivity index (χ0n) is 23.8. The lowest BCUT2D eigenvalue weighted by atomic mass is 9.43. The molecule has 5 rings (SSSR count). The average Bonchev–Trinajstić information content (AvgIpc) is 3.22. The van der Waals surface area contributed by atoms with Crippen molar-refractivity contribution in [1.82, 2.24) is 0 Å². The first-order chi connectivity index (χ1) is 18.3. The van der Waals surface area contributed by atoms with Crippen LogP contribution in [0.15, 0.2) is 29.2 Å². The predicted molar refractivity (Wildman–Crippen MR) is 147 cm³/mol. The Morgan fingerprint density at radius 3 is 2.41 bits per heavy atom. The molecule has 0 aromatic heterocycles. The molecule has 8 heteroatoms. The summed E-state index contributed by atoms with van der Waals surface area (Å²) in [6.45, 7) is 8.52. The monoisotopic (exact) mass is 562 g/mol. The lowest BCUT2D eigenvalue weighted by molar-refractivity contribution is -0.206. The Morgan fingerprint density at radius 2 is 1.74 bits per heavy atom. The van der Waals surface area contributed by atoms with Crippen LogP contribution in [0.3, 0.4) is 0 Å². The molecular formula is C31H46O7S. The number of carbonyl (C=O) groups is 1. The smallest absolute Gasteiger partial charge is 0.303 e. The number of aryl methyl sites for hydroxylation is 1. The fraction of sp³-hybridized carbons (Fsp3) is 0.774. The highest BCUT2D eigenvalue weighted by Crippen LogP contribution is 2.68. The zero-order valence-corrected chi connectivity index (χ0v) is 24.6. The van der Waals surface area contributed by atoms with Crippen LogP contribution in [-0.4, -0.2) is 48.0 Å². The first kappa shape index (κ1) is 29.0. The number of rotatable bonds is 7. The third-order valence-corrected chi connectivity index (χ3v) is 13.3. The van der Waals surface area contributed by atoms with Gasteiger partial charge in [-0.25, -0.2) is 0 Å². The van der Waals surface area contributed by atoms with E-state index in [-0.39, 0.29) is 57.7 Å². The second-order valence-electron chi connectivity index (χ2n) is 13.8. The van der Waals surface area contributed by atoms with Gasteiger partial charge in [0.15, 0.2) is 0 Å². The largest absolute Gasteiger partial charge is 0.481 e. The summed E-state index contributed by atoms with van der Waals surface area (Å²) < 4.78 is 31.7. The van der Waals surface area contributed by atoms with Crippen LogP contribution in [-0.2, 0) is 19.1 Å². The molecule has 4 aliphatic carbocycles. The highest BCUT2D eigenvalue weighted by Gasteiger charge is 2.65. The van der Waals surface area contributed by atoms with Gasteiger partial charge in [0.25, 0.3) is 10.1 Å². The van der Waals surface area contributed by atoms with Crippen LogP contribution >= 0.6 is 0 Å². The van der Waals surface area contributed by atoms with Gasteiger partial charge < -0.3 is 15.3 Å².